The van der Waals surface area contributed by atoms with Crippen molar-refractivity contribution in [2.45, 2.75) is 31.1 Å². The van der Waals surface area contributed by atoms with E-state index in [0.29, 0.717) is 39.0 Å². The van der Waals surface area contributed by atoms with Crippen molar-refractivity contribution in [2.75, 3.05) is 29.9 Å². The van der Waals surface area contributed by atoms with Crippen LogP contribution in [-0.4, -0.2) is 68.9 Å². The maximum Gasteiger partial charge on any atom is 0.393 e. The summed E-state index contributed by atoms with van der Waals surface area (Å²) in [5.41, 5.74) is 1.04. The van der Waals surface area contributed by atoms with Gasteiger partial charge in [-0.05, 0) is 31.0 Å². The second-order valence-electron chi connectivity index (χ2n) is 8.46. The highest BCUT2D eigenvalue weighted by Crippen LogP contribution is 2.40. The Morgan fingerprint density at radius 3 is 2.59 bits per heavy atom. The summed E-state index contributed by atoms with van der Waals surface area (Å²) < 4.78 is 42.0. The van der Waals surface area contributed by atoms with Gasteiger partial charge in [-0.25, -0.2) is 9.97 Å². The molecule has 3 atom stereocenters. The molecule has 13 heteroatoms. The average molecular weight is 514 g/mol. The van der Waals surface area contributed by atoms with Crippen LogP contribution in [0, 0.1) is 5.92 Å². The third-order valence-corrected chi connectivity index (χ3v) is 6.81. The quantitative estimate of drug-likeness (QED) is 0.545. The summed E-state index contributed by atoms with van der Waals surface area (Å²) in [6, 6.07) is 3.09. The molecule has 1 amide bonds. The largest absolute Gasteiger partial charge is 0.393 e. The molecule has 4 heterocycles. The number of aromatic nitrogens is 4. The third-order valence-electron chi connectivity index (χ3n) is 6.37. The SMILES string of the molecule is O=C1C(Nc2cc(Cl)cc(Cl)c2)CCN1C1CN(c2ncnc3[nH]ncc23)CCC1C(F)(F)F. The van der Waals surface area contributed by atoms with Gasteiger partial charge in [0.25, 0.3) is 0 Å². The highest BCUT2D eigenvalue weighted by Gasteiger charge is 2.52. The second-order valence-corrected chi connectivity index (χ2v) is 9.33. The summed E-state index contributed by atoms with van der Waals surface area (Å²) in [4.78, 5) is 24.7. The number of nitrogens with zero attached hydrogens (tertiary/aromatic N) is 5. The predicted octanol–water partition coefficient (Wildman–Crippen LogP) is 4.13. The van der Waals surface area contributed by atoms with Crippen molar-refractivity contribution in [3.05, 3.63) is 40.8 Å². The van der Waals surface area contributed by atoms with E-state index in [9.17, 15) is 18.0 Å². The van der Waals surface area contributed by atoms with Crippen molar-refractivity contribution in [3.8, 4) is 0 Å². The Labute approximate surface area is 202 Å². The molecule has 34 heavy (non-hydrogen) atoms. The number of aromatic amines is 1. The van der Waals surface area contributed by atoms with Crippen LogP contribution in [0.15, 0.2) is 30.7 Å². The molecule has 2 saturated heterocycles. The average Bonchev–Trinajstić information content (AvgIpc) is 3.39. The van der Waals surface area contributed by atoms with E-state index in [4.69, 9.17) is 23.2 Å². The van der Waals surface area contributed by atoms with Crippen LogP contribution in [-0.2, 0) is 4.79 Å². The lowest BCUT2D eigenvalue weighted by Gasteiger charge is -2.43. The monoisotopic (exact) mass is 513 g/mol. The maximum absolute atomic E-state index is 14.0. The number of H-pyrrole nitrogens is 1. The molecular formula is C21H20Cl2F3N7O. The molecule has 2 aliphatic rings. The van der Waals surface area contributed by atoms with E-state index in [2.05, 4.69) is 25.5 Å². The van der Waals surface area contributed by atoms with E-state index in [1.807, 2.05) is 0 Å². The molecule has 0 radical (unpaired) electrons. The van der Waals surface area contributed by atoms with Crippen LogP contribution in [0.5, 0.6) is 0 Å². The second kappa shape index (κ2) is 8.77. The highest BCUT2D eigenvalue weighted by molar-refractivity contribution is 6.35. The number of alkyl halides is 3. The smallest absolute Gasteiger partial charge is 0.374 e. The van der Waals surface area contributed by atoms with Gasteiger partial charge in [-0.2, -0.15) is 18.3 Å². The molecule has 2 aromatic heterocycles. The zero-order valence-corrected chi connectivity index (χ0v) is 19.2. The minimum atomic E-state index is -4.43. The minimum Gasteiger partial charge on any atom is -0.374 e. The molecule has 1 aromatic carbocycles. The number of carbonyl (C=O) groups excluding carboxylic acids is 1. The van der Waals surface area contributed by atoms with Gasteiger partial charge in [0.15, 0.2) is 5.65 Å². The van der Waals surface area contributed by atoms with Crippen LogP contribution in [0.25, 0.3) is 11.0 Å². The first-order valence-electron chi connectivity index (χ1n) is 10.7. The lowest BCUT2D eigenvalue weighted by molar-refractivity contribution is -0.195. The first kappa shape index (κ1) is 23.0. The Bertz CT molecular complexity index is 1200. The number of benzene rings is 1. The van der Waals surface area contributed by atoms with Crippen molar-refractivity contribution in [3.63, 3.8) is 0 Å². The Hall–Kier alpha value is -2.79. The lowest BCUT2D eigenvalue weighted by Crippen LogP contribution is -2.58. The highest BCUT2D eigenvalue weighted by atomic mass is 35.5. The molecule has 8 nitrogen and oxygen atoms in total. The van der Waals surface area contributed by atoms with Gasteiger partial charge in [-0.15, -0.1) is 0 Å². The van der Waals surface area contributed by atoms with Crippen LogP contribution >= 0.6 is 23.2 Å². The van der Waals surface area contributed by atoms with E-state index in [-0.39, 0.29) is 32.0 Å². The van der Waals surface area contributed by atoms with Crippen LogP contribution in [0.4, 0.5) is 24.7 Å². The van der Waals surface area contributed by atoms with Gasteiger partial charge in [-0.3, -0.25) is 9.89 Å². The summed E-state index contributed by atoms with van der Waals surface area (Å²) in [5, 5.41) is 11.2. The number of hydrogen-bond donors (Lipinski definition) is 2. The molecule has 0 bridgehead atoms. The van der Waals surface area contributed by atoms with E-state index < -0.39 is 24.2 Å². The number of nitrogens with one attached hydrogen (secondary N) is 2. The van der Waals surface area contributed by atoms with Crippen molar-refractivity contribution < 1.29 is 18.0 Å². The van der Waals surface area contributed by atoms with Crippen LogP contribution < -0.4 is 10.2 Å². The number of anilines is 2. The topological polar surface area (TPSA) is 90.0 Å². The molecule has 2 N–H and O–H groups in total. The number of amides is 1. The van der Waals surface area contributed by atoms with Gasteiger partial charge in [-0.1, -0.05) is 23.2 Å². The van der Waals surface area contributed by atoms with Crippen LogP contribution in [0.2, 0.25) is 10.0 Å². The molecule has 3 unspecified atom stereocenters. The fraction of sp³-hybridized carbons (Fsp3) is 0.429. The normalized spacial score (nSPS) is 23.7. The number of fused-ring (bicyclic) bond motifs is 1. The summed E-state index contributed by atoms with van der Waals surface area (Å²) in [5.74, 6) is -1.51. The van der Waals surface area contributed by atoms with Crippen molar-refractivity contribution in [2.24, 2.45) is 5.92 Å². The number of piperidine rings is 1. The fourth-order valence-electron chi connectivity index (χ4n) is 4.83. The first-order valence-corrected chi connectivity index (χ1v) is 11.4. The Morgan fingerprint density at radius 2 is 1.85 bits per heavy atom. The number of rotatable bonds is 4. The Morgan fingerprint density at radius 1 is 1.09 bits per heavy atom. The van der Waals surface area contributed by atoms with Gasteiger partial charge in [0.2, 0.25) is 5.91 Å². The van der Waals surface area contributed by atoms with Gasteiger partial charge in [0, 0.05) is 35.4 Å². The number of halogens is 5. The fourth-order valence-corrected chi connectivity index (χ4v) is 5.36. The molecule has 0 aliphatic carbocycles. The first-order chi connectivity index (χ1) is 16.2. The third kappa shape index (κ3) is 4.34. The van der Waals surface area contributed by atoms with E-state index in [0.717, 1.165) is 0 Å². The molecule has 3 aromatic rings. The molecule has 180 valence electrons. The van der Waals surface area contributed by atoms with Gasteiger partial charge in [0.05, 0.1) is 23.5 Å². The van der Waals surface area contributed by atoms with Crippen molar-refractivity contribution >= 4 is 51.6 Å². The van der Waals surface area contributed by atoms with E-state index in [1.54, 1.807) is 29.3 Å². The zero-order valence-electron chi connectivity index (χ0n) is 17.7. The standard InChI is InChI=1S/C21H20Cl2F3N7O/c22-11-5-12(23)7-13(6-11)30-16-2-4-33(20(16)34)17-9-32(3-1-15(17)21(24,25)26)19-14-8-29-31-18(14)27-10-28-19/h5-8,10,15-17,30H,1-4,9H2,(H,27,28,29,31). The predicted molar refractivity (Wildman–Crippen MR) is 122 cm³/mol. The van der Waals surface area contributed by atoms with Crippen molar-refractivity contribution in [1.29, 1.82) is 0 Å². The Balaban J connectivity index is 1.39. The molecule has 5 rings (SSSR count). The van der Waals surface area contributed by atoms with Gasteiger partial charge >= 0.3 is 6.18 Å². The lowest BCUT2D eigenvalue weighted by atomic mass is 9.89. The number of hydrogen-bond acceptors (Lipinski definition) is 6. The van der Waals surface area contributed by atoms with E-state index >= 15 is 0 Å². The zero-order chi connectivity index (χ0) is 24.0. The van der Waals surface area contributed by atoms with E-state index in [1.165, 1.54) is 11.2 Å². The number of carbonyl (C=O) groups is 1. The maximum atomic E-state index is 14.0. The van der Waals surface area contributed by atoms with Gasteiger partial charge < -0.3 is 15.1 Å². The molecule has 0 saturated carbocycles. The number of likely N-dealkylation sites (tertiary alicyclic amines) is 1. The molecular weight excluding hydrogens is 494 g/mol. The minimum absolute atomic E-state index is 0.00290. The van der Waals surface area contributed by atoms with Crippen LogP contribution in [0.1, 0.15) is 12.8 Å². The Kier molecular flexibility index (Phi) is 5.93. The molecule has 2 aliphatic heterocycles. The van der Waals surface area contributed by atoms with Gasteiger partial charge in [0.1, 0.15) is 18.2 Å². The van der Waals surface area contributed by atoms with Crippen molar-refractivity contribution in [1.82, 2.24) is 25.1 Å². The molecule has 0 spiro atoms. The molecule has 2 fully saturated rings. The summed E-state index contributed by atoms with van der Waals surface area (Å²) in [7, 11) is 0. The summed E-state index contributed by atoms with van der Waals surface area (Å²) in [6.07, 6.45) is -1.32. The summed E-state index contributed by atoms with van der Waals surface area (Å²) in [6.45, 7) is 0.367. The van der Waals surface area contributed by atoms with Crippen LogP contribution in [0.3, 0.4) is 0 Å². The summed E-state index contributed by atoms with van der Waals surface area (Å²) >= 11 is 12.1.